The minimum absolute atomic E-state index is 0.167. The zero-order valence-corrected chi connectivity index (χ0v) is 16.8. The summed E-state index contributed by atoms with van der Waals surface area (Å²) in [5.41, 5.74) is 1.65. The summed E-state index contributed by atoms with van der Waals surface area (Å²) < 4.78 is 11.4. The van der Waals surface area contributed by atoms with Gasteiger partial charge < -0.3 is 14.8 Å². The van der Waals surface area contributed by atoms with Gasteiger partial charge in [-0.15, -0.1) is 0 Å². The molecule has 1 saturated heterocycles. The highest BCUT2D eigenvalue weighted by molar-refractivity contribution is 9.10. The number of carbonyl (C=O) groups excluding carboxylic acids is 2. The molecule has 2 amide bonds. The molecule has 1 unspecified atom stereocenters. The van der Waals surface area contributed by atoms with Gasteiger partial charge in [0, 0.05) is 4.47 Å². The Bertz CT molecular complexity index is 838. The van der Waals surface area contributed by atoms with Crippen LogP contribution in [0.1, 0.15) is 12.0 Å². The molecule has 142 valence electrons. The molecule has 0 saturated carbocycles. The van der Waals surface area contributed by atoms with E-state index in [4.69, 9.17) is 9.47 Å². The molecular weight excluding hydrogens is 412 g/mol. The molecule has 0 radical (unpaired) electrons. The Balaban J connectivity index is 1.60. The molecule has 3 rings (SSSR count). The maximum absolute atomic E-state index is 12.6. The van der Waals surface area contributed by atoms with Crippen molar-refractivity contribution in [2.75, 3.05) is 25.7 Å². The number of imide groups is 1. The van der Waals surface area contributed by atoms with Crippen LogP contribution >= 0.6 is 15.9 Å². The van der Waals surface area contributed by atoms with E-state index in [1.807, 2.05) is 30.3 Å². The molecule has 0 spiro atoms. The van der Waals surface area contributed by atoms with Gasteiger partial charge in [0.2, 0.25) is 5.91 Å². The highest BCUT2D eigenvalue weighted by atomic mass is 79.9. The summed E-state index contributed by atoms with van der Waals surface area (Å²) >= 11 is 3.35. The van der Waals surface area contributed by atoms with Gasteiger partial charge in [0.25, 0.3) is 5.91 Å². The Morgan fingerprint density at radius 3 is 2.44 bits per heavy atom. The van der Waals surface area contributed by atoms with Gasteiger partial charge in [0.15, 0.2) is 11.5 Å². The van der Waals surface area contributed by atoms with Crippen molar-refractivity contribution < 1.29 is 19.1 Å². The van der Waals surface area contributed by atoms with Crippen molar-refractivity contribution in [2.45, 2.75) is 18.9 Å². The lowest BCUT2D eigenvalue weighted by Crippen LogP contribution is -2.39. The second-order valence-electron chi connectivity index (χ2n) is 6.19. The van der Waals surface area contributed by atoms with Crippen LogP contribution in [0.25, 0.3) is 0 Å². The molecule has 27 heavy (non-hydrogen) atoms. The number of hydrogen-bond donors (Lipinski definition) is 1. The van der Waals surface area contributed by atoms with Crippen LogP contribution in [0.15, 0.2) is 46.9 Å². The average molecular weight is 433 g/mol. The molecule has 2 aromatic carbocycles. The van der Waals surface area contributed by atoms with E-state index >= 15 is 0 Å². The van der Waals surface area contributed by atoms with Crippen LogP contribution < -0.4 is 19.7 Å². The molecule has 1 N–H and O–H groups in total. The van der Waals surface area contributed by atoms with Gasteiger partial charge in [-0.05, 0) is 54.9 Å². The highest BCUT2D eigenvalue weighted by Gasteiger charge is 2.39. The summed E-state index contributed by atoms with van der Waals surface area (Å²) in [6, 6.07) is 12.4. The molecule has 0 aliphatic carbocycles. The van der Waals surface area contributed by atoms with Crippen molar-refractivity contribution in [1.29, 1.82) is 0 Å². The van der Waals surface area contributed by atoms with Gasteiger partial charge in [0.1, 0.15) is 0 Å². The first kappa shape index (κ1) is 19.4. The fourth-order valence-electron chi connectivity index (χ4n) is 3.08. The van der Waals surface area contributed by atoms with E-state index < -0.39 is 6.04 Å². The summed E-state index contributed by atoms with van der Waals surface area (Å²) in [5, 5.41) is 3.19. The Morgan fingerprint density at radius 1 is 1.07 bits per heavy atom. The molecule has 1 aliphatic heterocycles. The van der Waals surface area contributed by atoms with Crippen LogP contribution in [0.4, 0.5) is 5.69 Å². The molecule has 1 fully saturated rings. The van der Waals surface area contributed by atoms with Crippen molar-refractivity contribution in [1.82, 2.24) is 5.32 Å². The number of methoxy groups -OCH3 is 2. The monoisotopic (exact) mass is 432 g/mol. The molecule has 0 aromatic heterocycles. The fourth-order valence-corrected chi connectivity index (χ4v) is 3.34. The van der Waals surface area contributed by atoms with E-state index in [2.05, 4.69) is 21.2 Å². The first-order valence-electron chi connectivity index (χ1n) is 8.60. The number of rotatable bonds is 7. The number of halogens is 1. The second-order valence-corrected chi connectivity index (χ2v) is 7.11. The van der Waals surface area contributed by atoms with Crippen LogP contribution in [-0.2, 0) is 16.0 Å². The Hall–Kier alpha value is -2.38. The molecule has 6 nitrogen and oxygen atoms in total. The summed E-state index contributed by atoms with van der Waals surface area (Å²) in [6.07, 6.45) is 0.872. The zero-order valence-electron chi connectivity index (χ0n) is 15.2. The predicted octanol–water partition coefficient (Wildman–Crippen LogP) is 2.93. The molecule has 7 heteroatoms. The molecule has 1 heterocycles. The topological polar surface area (TPSA) is 67.9 Å². The minimum atomic E-state index is -0.499. The summed E-state index contributed by atoms with van der Waals surface area (Å²) in [6.45, 7) is 0.577. The number of amides is 2. The normalized spacial score (nSPS) is 16.7. The van der Waals surface area contributed by atoms with E-state index in [0.717, 1.165) is 10.0 Å². The van der Waals surface area contributed by atoms with Crippen molar-refractivity contribution in [2.24, 2.45) is 0 Å². The third kappa shape index (κ3) is 4.31. The van der Waals surface area contributed by atoms with E-state index in [1.165, 1.54) is 4.90 Å². The number of nitrogens with one attached hydrogen (secondary N) is 1. The third-order valence-corrected chi connectivity index (χ3v) is 5.01. The number of hydrogen-bond acceptors (Lipinski definition) is 5. The molecular formula is C20H21BrN2O4. The largest absolute Gasteiger partial charge is 0.493 e. The smallest absolute Gasteiger partial charge is 0.251 e. The number of ether oxygens (including phenoxy) is 2. The van der Waals surface area contributed by atoms with Crippen molar-refractivity contribution in [3.63, 3.8) is 0 Å². The quantitative estimate of drug-likeness (QED) is 0.681. The van der Waals surface area contributed by atoms with Crippen LogP contribution in [-0.4, -0.2) is 38.6 Å². The number of carbonyl (C=O) groups is 2. The SMILES string of the molecule is COc1ccc(CCNC2CC(=O)N(c3ccc(Br)cc3)C2=O)cc1OC. The number of anilines is 1. The molecule has 0 bridgehead atoms. The van der Waals surface area contributed by atoms with Gasteiger partial charge in [-0.2, -0.15) is 0 Å². The van der Waals surface area contributed by atoms with E-state index in [1.54, 1.807) is 26.4 Å². The third-order valence-electron chi connectivity index (χ3n) is 4.48. The van der Waals surface area contributed by atoms with Crippen LogP contribution in [0, 0.1) is 0 Å². The van der Waals surface area contributed by atoms with Crippen molar-refractivity contribution in [3.8, 4) is 11.5 Å². The summed E-state index contributed by atoms with van der Waals surface area (Å²) in [4.78, 5) is 26.2. The first-order valence-corrected chi connectivity index (χ1v) is 9.39. The van der Waals surface area contributed by atoms with Gasteiger partial charge in [-0.3, -0.25) is 9.59 Å². The van der Waals surface area contributed by atoms with Gasteiger partial charge in [-0.1, -0.05) is 22.0 Å². The minimum Gasteiger partial charge on any atom is -0.493 e. The first-order chi connectivity index (χ1) is 13.0. The highest BCUT2D eigenvalue weighted by Crippen LogP contribution is 2.28. The average Bonchev–Trinajstić information content (AvgIpc) is 2.96. The summed E-state index contributed by atoms with van der Waals surface area (Å²) in [5.74, 6) is 0.944. The van der Waals surface area contributed by atoms with E-state index in [9.17, 15) is 9.59 Å². The van der Waals surface area contributed by atoms with Gasteiger partial charge >= 0.3 is 0 Å². The van der Waals surface area contributed by atoms with Gasteiger partial charge in [0.05, 0.1) is 32.4 Å². The van der Waals surface area contributed by atoms with Crippen molar-refractivity contribution >= 4 is 33.4 Å². The number of nitrogens with zero attached hydrogens (tertiary/aromatic N) is 1. The lowest BCUT2D eigenvalue weighted by Gasteiger charge is -2.16. The van der Waals surface area contributed by atoms with E-state index in [0.29, 0.717) is 30.2 Å². The number of benzene rings is 2. The van der Waals surface area contributed by atoms with Crippen LogP contribution in [0.3, 0.4) is 0 Å². The van der Waals surface area contributed by atoms with Crippen LogP contribution in [0.5, 0.6) is 11.5 Å². The van der Waals surface area contributed by atoms with Crippen LogP contribution in [0.2, 0.25) is 0 Å². The zero-order chi connectivity index (χ0) is 19.4. The standard InChI is InChI=1S/C20H21BrN2O4/c1-26-17-8-3-13(11-18(17)27-2)9-10-22-16-12-19(24)23(20(16)25)15-6-4-14(21)5-7-15/h3-8,11,16,22H,9-10,12H2,1-2H3. The lowest BCUT2D eigenvalue weighted by molar-refractivity contribution is -0.121. The molecule has 2 aromatic rings. The maximum Gasteiger partial charge on any atom is 0.251 e. The Kier molecular flexibility index (Phi) is 6.13. The second kappa shape index (κ2) is 8.54. The Morgan fingerprint density at radius 2 is 1.78 bits per heavy atom. The predicted molar refractivity (Wildman–Crippen MR) is 106 cm³/mol. The maximum atomic E-state index is 12.6. The lowest BCUT2D eigenvalue weighted by atomic mass is 10.1. The van der Waals surface area contributed by atoms with E-state index in [-0.39, 0.29) is 18.2 Å². The molecule has 1 aliphatic rings. The van der Waals surface area contributed by atoms with Gasteiger partial charge in [-0.25, -0.2) is 4.90 Å². The summed E-state index contributed by atoms with van der Waals surface area (Å²) in [7, 11) is 3.19. The molecule has 1 atom stereocenters. The Labute approximate surface area is 166 Å². The fraction of sp³-hybridized carbons (Fsp3) is 0.300. The van der Waals surface area contributed by atoms with Crippen molar-refractivity contribution in [3.05, 3.63) is 52.5 Å².